The van der Waals surface area contributed by atoms with Crippen LogP contribution >= 0.6 is 27.5 Å². The second kappa shape index (κ2) is 6.74. The summed E-state index contributed by atoms with van der Waals surface area (Å²) in [5.41, 5.74) is 1.14. The van der Waals surface area contributed by atoms with Crippen LogP contribution in [0.2, 0.25) is 0 Å². The molecule has 1 aromatic heterocycles. The fourth-order valence-electron chi connectivity index (χ4n) is 1.82. The summed E-state index contributed by atoms with van der Waals surface area (Å²) in [6.07, 6.45) is 2.87. The van der Waals surface area contributed by atoms with Crippen molar-refractivity contribution < 1.29 is 8.42 Å². The molecule has 0 amide bonds. The topological polar surface area (TPSA) is 59.1 Å². The molecule has 7 heteroatoms. The molecule has 0 aliphatic carbocycles. The van der Waals surface area contributed by atoms with Crippen molar-refractivity contribution >= 4 is 54.1 Å². The molecule has 1 aromatic carbocycles. The normalized spacial score (nSPS) is 11.7. The Bertz CT molecular complexity index is 707. The van der Waals surface area contributed by atoms with E-state index in [1.54, 1.807) is 18.3 Å². The van der Waals surface area contributed by atoms with Crippen LogP contribution in [0.1, 0.15) is 12.8 Å². The molecule has 0 fully saturated rings. The van der Waals surface area contributed by atoms with Gasteiger partial charge in [0.05, 0.1) is 17.0 Å². The predicted molar refractivity (Wildman–Crippen MR) is 86.8 cm³/mol. The van der Waals surface area contributed by atoms with Crippen LogP contribution in [0.15, 0.2) is 34.9 Å². The molecule has 2 aromatic rings. The Labute approximate surface area is 131 Å². The molecule has 0 saturated heterocycles. The summed E-state index contributed by atoms with van der Waals surface area (Å²) >= 11 is 8.90. The first-order valence-corrected chi connectivity index (χ1v) is 9.10. The van der Waals surface area contributed by atoms with Gasteiger partial charge in [0.1, 0.15) is 0 Å². The van der Waals surface area contributed by atoms with Crippen LogP contribution in [0.5, 0.6) is 0 Å². The zero-order valence-electron chi connectivity index (χ0n) is 10.6. The van der Waals surface area contributed by atoms with E-state index in [2.05, 4.69) is 25.6 Å². The third-order valence-electron chi connectivity index (χ3n) is 2.74. The van der Waals surface area contributed by atoms with E-state index in [-0.39, 0.29) is 5.75 Å². The molecule has 108 valence electrons. The lowest BCUT2D eigenvalue weighted by Gasteiger charge is -2.10. The molecule has 1 heterocycles. The Hall–Kier alpha value is -0.850. The Morgan fingerprint density at radius 3 is 2.85 bits per heavy atom. The van der Waals surface area contributed by atoms with Crippen molar-refractivity contribution in [2.45, 2.75) is 12.8 Å². The minimum absolute atomic E-state index is 0.0621. The summed E-state index contributed by atoms with van der Waals surface area (Å²) in [7, 11) is -3.37. The average molecular weight is 378 g/mol. The number of halogens is 2. The first-order valence-electron chi connectivity index (χ1n) is 6.12. The summed E-state index contributed by atoms with van der Waals surface area (Å²) in [6, 6.07) is 7.29. The summed E-state index contributed by atoms with van der Waals surface area (Å²) in [4.78, 5) is 4.27. The van der Waals surface area contributed by atoms with Crippen molar-refractivity contribution in [2.75, 3.05) is 16.4 Å². The van der Waals surface area contributed by atoms with E-state index in [1.165, 1.54) is 0 Å². The van der Waals surface area contributed by atoms with Gasteiger partial charge in [-0.2, -0.15) is 0 Å². The SMILES string of the molecule is O=S(=O)(CCCCCl)Nc1cccc2cc(Br)cnc12. The zero-order valence-corrected chi connectivity index (χ0v) is 13.8. The number of unbranched alkanes of at least 4 members (excludes halogenated alkanes) is 1. The lowest BCUT2D eigenvalue weighted by Crippen LogP contribution is -2.17. The van der Waals surface area contributed by atoms with E-state index < -0.39 is 10.0 Å². The van der Waals surface area contributed by atoms with Gasteiger partial charge in [-0.15, -0.1) is 11.6 Å². The van der Waals surface area contributed by atoms with Gasteiger partial charge in [0.25, 0.3) is 0 Å². The number of hydrogen-bond donors (Lipinski definition) is 1. The number of benzene rings is 1. The van der Waals surface area contributed by atoms with Crippen molar-refractivity contribution in [3.63, 3.8) is 0 Å². The highest BCUT2D eigenvalue weighted by Crippen LogP contribution is 2.24. The molecule has 0 unspecified atom stereocenters. The first kappa shape index (κ1) is 15.5. The second-order valence-electron chi connectivity index (χ2n) is 4.35. The number of hydrogen-bond acceptors (Lipinski definition) is 3. The fraction of sp³-hybridized carbons (Fsp3) is 0.308. The minimum Gasteiger partial charge on any atom is -0.281 e. The van der Waals surface area contributed by atoms with Gasteiger partial charge < -0.3 is 0 Å². The van der Waals surface area contributed by atoms with Crippen molar-refractivity contribution in [2.24, 2.45) is 0 Å². The highest BCUT2D eigenvalue weighted by atomic mass is 79.9. The molecule has 20 heavy (non-hydrogen) atoms. The summed E-state index contributed by atoms with van der Waals surface area (Å²) in [6.45, 7) is 0. The molecule has 0 atom stereocenters. The smallest absolute Gasteiger partial charge is 0.232 e. The quantitative estimate of drug-likeness (QED) is 0.616. The predicted octanol–water partition coefficient (Wildman–Crippen LogP) is 3.76. The standard InChI is InChI=1S/C13H14BrClN2O2S/c14-11-8-10-4-3-5-12(13(10)16-9-11)17-20(18,19)7-2-1-6-15/h3-5,8-9,17H,1-2,6-7H2. The maximum absolute atomic E-state index is 12.0. The van der Waals surface area contributed by atoms with E-state index in [0.29, 0.717) is 29.9 Å². The largest absolute Gasteiger partial charge is 0.281 e. The highest BCUT2D eigenvalue weighted by Gasteiger charge is 2.12. The van der Waals surface area contributed by atoms with Crippen LogP contribution in [0.3, 0.4) is 0 Å². The molecule has 0 bridgehead atoms. The molecule has 1 N–H and O–H groups in total. The van der Waals surface area contributed by atoms with Crippen LogP contribution in [-0.2, 0) is 10.0 Å². The Morgan fingerprint density at radius 2 is 2.10 bits per heavy atom. The first-order chi connectivity index (χ1) is 9.52. The van der Waals surface area contributed by atoms with E-state index in [4.69, 9.17) is 11.6 Å². The van der Waals surface area contributed by atoms with Gasteiger partial charge >= 0.3 is 0 Å². The number of nitrogens with one attached hydrogen (secondary N) is 1. The van der Waals surface area contributed by atoms with Gasteiger partial charge in [0.15, 0.2) is 0 Å². The number of nitrogens with zero attached hydrogens (tertiary/aromatic N) is 1. The van der Waals surface area contributed by atoms with Crippen LogP contribution in [0.4, 0.5) is 5.69 Å². The van der Waals surface area contributed by atoms with Crippen molar-refractivity contribution in [1.82, 2.24) is 4.98 Å². The lowest BCUT2D eigenvalue weighted by atomic mass is 10.2. The molecule has 2 rings (SSSR count). The van der Waals surface area contributed by atoms with E-state index in [1.807, 2.05) is 12.1 Å². The number of para-hydroxylation sites is 1. The monoisotopic (exact) mass is 376 g/mol. The number of sulfonamides is 1. The van der Waals surface area contributed by atoms with Crippen LogP contribution in [0, 0.1) is 0 Å². The molecule has 0 aliphatic heterocycles. The maximum atomic E-state index is 12.0. The number of alkyl halides is 1. The summed E-state index contributed by atoms with van der Waals surface area (Å²) < 4.78 is 27.4. The Kier molecular flexibility index (Phi) is 5.23. The lowest BCUT2D eigenvalue weighted by molar-refractivity contribution is 0.598. The summed E-state index contributed by atoms with van der Waals surface area (Å²) in [5, 5.41) is 0.875. The second-order valence-corrected chi connectivity index (χ2v) is 7.48. The van der Waals surface area contributed by atoms with E-state index >= 15 is 0 Å². The van der Waals surface area contributed by atoms with Crippen LogP contribution < -0.4 is 4.72 Å². The van der Waals surface area contributed by atoms with E-state index in [0.717, 1.165) is 9.86 Å². The number of rotatable bonds is 6. The van der Waals surface area contributed by atoms with Crippen molar-refractivity contribution in [3.8, 4) is 0 Å². The number of pyridine rings is 1. The number of aromatic nitrogens is 1. The molecule has 0 spiro atoms. The number of fused-ring (bicyclic) bond motifs is 1. The highest BCUT2D eigenvalue weighted by molar-refractivity contribution is 9.10. The Morgan fingerprint density at radius 1 is 1.30 bits per heavy atom. The fourth-order valence-corrected chi connectivity index (χ4v) is 3.55. The van der Waals surface area contributed by atoms with E-state index in [9.17, 15) is 8.42 Å². The van der Waals surface area contributed by atoms with Gasteiger partial charge in [0.2, 0.25) is 10.0 Å². The molecular weight excluding hydrogens is 364 g/mol. The average Bonchev–Trinajstić information content (AvgIpc) is 2.38. The molecule has 0 aliphatic rings. The van der Waals surface area contributed by atoms with Gasteiger partial charge in [-0.25, -0.2) is 8.42 Å². The van der Waals surface area contributed by atoms with Gasteiger partial charge in [-0.3, -0.25) is 9.71 Å². The van der Waals surface area contributed by atoms with Crippen LogP contribution in [0.25, 0.3) is 10.9 Å². The van der Waals surface area contributed by atoms with Gasteiger partial charge in [-0.1, -0.05) is 12.1 Å². The molecule has 0 saturated carbocycles. The molecule has 4 nitrogen and oxygen atoms in total. The van der Waals surface area contributed by atoms with Crippen molar-refractivity contribution in [3.05, 3.63) is 34.9 Å². The van der Waals surface area contributed by atoms with Crippen LogP contribution in [-0.4, -0.2) is 25.0 Å². The third kappa shape index (κ3) is 4.07. The molecule has 0 radical (unpaired) electrons. The van der Waals surface area contributed by atoms with Gasteiger partial charge in [0, 0.05) is 21.9 Å². The summed E-state index contributed by atoms with van der Waals surface area (Å²) in [5.74, 6) is 0.534. The minimum atomic E-state index is -3.37. The van der Waals surface area contributed by atoms with Crippen molar-refractivity contribution in [1.29, 1.82) is 0 Å². The zero-order chi connectivity index (χ0) is 14.6. The third-order valence-corrected chi connectivity index (χ3v) is 4.80. The maximum Gasteiger partial charge on any atom is 0.232 e. The van der Waals surface area contributed by atoms with Gasteiger partial charge in [-0.05, 0) is 40.9 Å². The Balaban J connectivity index is 2.25. The molecular formula is C13H14BrClN2O2S. The number of anilines is 1.